The van der Waals surface area contributed by atoms with E-state index in [1.807, 2.05) is 6.07 Å². The van der Waals surface area contributed by atoms with Crippen LogP contribution in [0.3, 0.4) is 0 Å². The van der Waals surface area contributed by atoms with Crippen molar-refractivity contribution in [1.29, 1.82) is 0 Å². The van der Waals surface area contributed by atoms with Gasteiger partial charge < -0.3 is 16.2 Å². The van der Waals surface area contributed by atoms with Gasteiger partial charge in [-0.2, -0.15) is 0 Å². The van der Waals surface area contributed by atoms with Gasteiger partial charge in [-0.1, -0.05) is 12.1 Å². The number of carbonyl (C=O) groups is 1. The molecule has 0 radical (unpaired) electrons. The molecule has 0 atom stereocenters. The summed E-state index contributed by atoms with van der Waals surface area (Å²) in [6.07, 6.45) is 3.51. The first-order valence-electron chi connectivity index (χ1n) is 7.06. The Morgan fingerprint density at radius 1 is 1.10 bits per heavy atom. The molecule has 0 saturated carbocycles. The topological polar surface area (TPSA) is 78.3 Å². The van der Waals surface area contributed by atoms with Gasteiger partial charge in [0.2, 0.25) is 5.91 Å². The van der Waals surface area contributed by atoms with Gasteiger partial charge >= 0.3 is 0 Å². The maximum Gasteiger partial charge on any atom is 0.248 e. The van der Waals surface area contributed by atoms with Crippen LogP contribution < -0.4 is 16.2 Å². The largest absolute Gasteiger partial charge is 0.489 e. The van der Waals surface area contributed by atoms with Crippen LogP contribution in [0.1, 0.15) is 33.5 Å². The van der Waals surface area contributed by atoms with Crippen molar-refractivity contribution in [3.63, 3.8) is 0 Å². The molecule has 2 aromatic carbocycles. The second-order valence-electron chi connectivity index (χ2n) is 5.35. The number of carbonyl (C=O) groups excluding carboxylic acids is 1. The fraction of sp³-hybridized carbons (Fsp3) is 0.235. The lowest BCUT2D eigenvalue weighted by Crippen LogP contribution is -2.12. The smallest absolute Gasteiger partial charge is 0.248 e. The molecule has 108 valence electrons. The zero-order chi connectivity index (χ0) is 14.8. The highest BCUT2D eigenvalue weighted by Crippen LogP contribution is 2.27. The van der Waals surface area contributed by atoms with Gasteiger partial charge in [0.1, 0.15) is 12.4 Å². The molecule has 21 heavy (non-hydrogen) atoms. The third kappa shape index (κ3) is 2.84. The van der Waals surface area contributed by atoms with Crippen LogP contribution in [0.5, 0.6) is 5.75 Å². The van der Waals surface area contributed by atoms with Gasteiger partial charge in [-0.15, -0.1) is 0 Å². The predicted molar refractivity (Wildman–Crippen MR) is 82.2 cm³/mol. The van der Waals surface area contributed by atoms with E-state index in [1.165, 1.54) is 17.5 Å². The summed E-state index contributed by atoms with van der Waals surface area (Å²) in [7, 11) is 0. The fourth-order valence-electron chi connectivity index (χ4n) is 2.68. The number of amides is 1. The summed E-state index contributed by atoms with van der Waals surface area (Å²) < 4.78 is 5.80. The Morgan fingerprint density at radius 2 is 1.90 bits per heavy atom. The van der Waals surface area contributed by atoms with Crippen molar-refractivity contribution >= 4 is 11.6 Å². The van der Waals surface area contributed by atoms with Crippen LogP contribution in [-0.4, -0.2) is 5.91 Å². The maximum absolute atomic E-state index is 11.1. The molecule has 0 aromatic heterocycles. The van der Waals surface area contributed by atoms with Crippen molar-refractivity contribution in [1.82, 2.24) is 0 Å². The van der Waals surface area contributed by atoms with Crippen molar-refractivity contribution in [3.8, 4) is 5.75 Å². The van der Waals surface area contributed by atoms with E-state index >= 15 is 0 Å². The summed E-state index contributed by atoms with van der Waals surface area (Å²) in [6, 6.07) is 11.3. The number of primary amides is 1. The van der Waals surface area contributed by atoms with Gasteiger partial charge in [-0.25, -0.2) is 0 Å². The van der Waals surface area contributed by atoms with Crippen LogP contribution in [0.2, 0.25) is 0 Å². The number of nitrogen functional groups attached to an aromatic ring is 1. The monoisotopic (exact) mass is 282 g/mol. The van der Waals surface area contributed by atoms with Crippen molar-refractivity contribution in [3.05, 3.63) is 58.7 Å². The first-order valence-corrected chi connectivity index (χ1v) is 7.06. The molecular weight excluding hydrogens is 264 g/mol. The average molecular weight is 282 g/mol. The highest BCUT2D eigenvalue weighted by molar-refractivity contribution is 5.93. The van der Waals surface area contributed by atoms with Gasteiger partial charge in [0.25, 0.3) is 0 Å². The molecular formula is C17H18N2O2. The lowest BCUT2D eigenvalue weighted by atomic mass is 10.1. The molecule has 0 bridgehead atoms. The third-order valence-corrected chi connectivity index (χ3v) is 3.89. The van der Waals surface area contributed by atoms with Crippen molar-refractivity contribution in [2.45, 2.75) is 25.9 Å². The number of fused-ring (bicyclic) bond motifs is 1. The molecule has 0 heterocycles. The molecule has 4 nitrogen and oxygen atoms in total. The molecule has 2 aromatic rings. The summed E-state index contributed by atoms with van der Waals surface area (Å²) >= 11 is 0. The Kier molecular flexibility index (Phi) is 3.52. The molecule has 0 spiro atoms. The van der Waals surface area contributed by atoms with Crippen LogP contribution in [0.15, 0.2) is 36.4 Å². The van der Waals surface area contributed by atoms with Gasteiger partial charge in [0, 0.05) is 16.8 Å². The highest BCUT2D eigenvalue weighted by atomic mass is 16.5. The summed E-state index contributed by atoms with van der Waals surface area (Å²) in [4.78, 5) is 11.1. The minimum Gasteiger partial charge on any atom is -0.489 e. The maximum atomic E-state index is 11.1. The third-order valence-electron chi connectivity index (χ3n) is 3.89. The number of ether oxygens (including phenoxy) is 1. The van der Waals surface area contributed by atoms with E-state index in [0.29, 0.717) is 17.9 Å². The quantitative estimate of drug-likeness (QED) is 0.845. The van der Waals surface area contributed by atoms with E-state index in [4.69, 9.17) is 16.2 Å². The molecule has 0 unspecified atom stereocenters. The number of hydrogen-bond donors (Lipinski definition) is 2. The molecule has 4 N–H and O–H groups in total. The van der Waals surface area contributed by atoms with Gasteiger partial charge in [0.05, 0.1) is 0 Å². The van der Waals surface area contributed by atoms with E-state index in [1.54, 1.807) is 18.2 Å². The zero-order valence-electron chi connectivity index (χ0n) is 11.8. The highest BCUT2D eigenvalue weighted by Gasteiger charge is 2.11. The Hall–Kier alpha value is -2.49. The van der Waals surface area contributed by atoms with E-state index < -0.39 is 5.91 Å². The van der Waals surface area contributed by atoms with Gasteiger partial charge in [-0.3, -0.25) is 4.79 Å². The minimum atomic E-state index is -0.479. The van der Waals surface area contributed by atoms with E-state index in [0.717, 1.165) is 24.2 Å². The lowest BCUT2D eigenvalue weighted by Gasteiger charge is -2.10. The van der Waals surface area contributed by atoms with Crippen LogP contribution in [0.25, 0.3) is 0 Å². The lowest BCUT2D eigenvalue weighted by molar-refractivity contribution is 0.100. The first-order chi connectivity index (χ1) is 10.1. The summed E-state index contributed by atoms with van der Waals surface area (Å²) in [5, 5.41) is 0. The molecule has 0 saturated heterocycles. The van der Waals surface area contributed by atoms with Crippen molar-refractivity contribution in [2.24, 2.45) is 5.73 Å². The number of rotatable bonds is 4. The second-order valence-corrected chi connectivity index (χ2v) is 5.35. The molecule has 1 amide bonds. The van der Waals surface area contributed by atoms with Crippen LogP contribution in [-0.2, 0) is 19.4 Å². The average Bonchev–Trinajstić information content (AvgIpc) is 2.93. The number of benzene rings is 2. The number of anilines is 1. The van der Waals surface area contributed by atoms with Crippen LogP contribution in [0, 0.1) is 0 Å². The fourth-order valence-corrected chi connectivity index (χ4v) is 2.68. The molecule has 4 heteroatoms. The predicted octanol–water partition coefficient (Wildman–Crippen LogP) is 2.44. The van der Waals surface area contributed by atoms with E-state index in [2.05, 4.69) is 12.1 Å². The molecule has 3 rings (SSSR count). The zero-order valence-corrected chi connectivity index (χ0v) is 11.8. The SMILES string of the molecule is NC(=O)c1ccc(COc2ccc3c(c2)CCC3)c(N)c1. The second kappa shape index (κ2) is 5.48. The Labute approximate surface area is 123 Å². The Bertz CT molecular complexity index is 695. The molecule has 0 fully saturated rings. The molecule has 0 aliphatic heterocycles. The Balaban J connectivity index is 1.71. The standard InChI is InChI=1S/C17H18N2O2/c18-16-9-13(17(19)20)4-5-14(16)10-21-15-7-6-11-2-1-3-12(11)8-15/h4-9H,1-3,10,18H2,(H2,19,20). The van der Waals surface area contributed by atoms with Crippen LogP contribution >= 0.6 is 0 Å². The van der Waals surface area contributed by atoms with Crippen molar-refractivity contribution in [2.75, 3.05) is 5.73 Å². The molecule has 1 aliphatic carbocycles. The van der Waals surface area contributed by atoms with Gasteiger partial charge in [-0.05, 0) is 54.7 Å². The summed E-state index contributed by atoms with van der Waals surface area (Å²) in [6.45, 7) is 0.379. The van der Waals surface area contributed by atoms with E-state index in [9.17, 15) is 4.79 Å². The van der Waals surface area contributed by atoms with Gasteiger partial charge in [0.15, 0.2) is 0 Å². The minimum absolute atomic E-state index is 0.379. The number of nitrogens with two attached hydrogens (primary N) is 2. The summed E-state index contributed by atoms with van der Waals surface area (Å²) in [5.74, 6) is 0.377. The number of hydrogen-bond acceptors (Lipinski definition) is 3. The van der Waals surface area contributed by atoms with Crippen molar-refractivity contribution < 1.29 is 9.53 Å². The summed E-state index contributed by atoms with van der Waals surface area (Å²) in [5.41, 5.74) is 15.7. The van der Waals surface area contributed by atoms with E-state index in [-0.39, 0.29) is 0 Å². The first kappa shape index (κ1) is 13.5. The Morgan fingerprint density at radius 3 is 2.67 bits per heavy atom. The molecule has 1 aliphatic rings. The normalized spacial score (nSPS) is 13.0. The number of aryl methyl sites for hydroxylation is 2. The van der Waals surface area contributed by atoms with Crippen LogP contribution in [0.4, 0.5) is 5.69 Å².